The fourth-order valence-corrected chi connectivity index (χ4v) is 0.321. The number of rotatable bonds is 1. The molecule has 0 aromatic heterocycles. The van der Waals surface area contributed by atoms with E-state index in [1.54, 1.807) is 20.8 Å². The van der Waals surface area contributed by atoms with Gasteiger partial charge >= 0.3 is 5.97 Å². The van der Waals surface area contributed by atoms with E-state index in [0.717, 1.165) is 0 Å². The van der Waals surface area contributed by atoms with Crippen LogP contribution in [0.4, 0.5) is 0 Å². The molecule has 48 valence electrons. The minimum Gasteiger partial charge on any atom is -0.481 e. The van der Waals surface area contributed by atoms with E-state index in [-0.39, 0.29) is 0 Å². The van der Waals surface area contributed by atoms with Crippen LogP contribution in [-0.4, -0.2) is 11.1 Å². The lowest BCUT2D eigenvalue weighted by Gasteiger charge is -2.13. The highest BCUT2D eigenvalue weighted by Crippen LogP contribution is 2.17. The lowest BCUT2D eigenvalue weighted by Crippen LogP contribution is -2.11. The van der Waals surface area contributed by atoms with Crippen LogP contribution in [0.15, 0.2) is 0 Å². The Hall–Kier alpha value is -0.530. The molecule has 1 N–H and O–H groups in total. The van der Waals surface area contributed by atoms with Crippen LogP contribution < -0.4 is 0 Å². The first-order valence-corrected chi connectivity index (χ1v) is 2.43. The smallest absolute Gasteiger partial charge is 0.303 e. The monoisotopic (exact) mass is 118 g/mol. The summed E-state index contributed by atoms with van der Waals surface area (Å²) >= 11 is 0. The lowest BCUT2D eigenvalue weighted by atomic mass is 9.93. The van der Waals surface area contributed by atoms with Gasteiger partial charge in [0.15, 0.2) is 0 Å². The Morgan fingerprint density at radius 3 is 2.12 bits per heavy atom. The first-order valence-electron chi connectivity index (χ1n) is 3.43. The third-order valence-electron chi connectivity index (χ3n) is 0.482. The van der Waals surface area contributed by atoms with Crippen LogP contribution in [0.3, 0.4) is 0 Å². The maximum absolute atomic E-state index is 10.3. The molecule has 0 unspecified atom stereocenters. The molecule has 0 spiro atoms. The van der Waals surface area contributed by atoms with E-state index in [1.165, 1.54) is 0 Å². The molecule has 0 aliphatic carbocycles. The minimum atomic E-state index is -2.15. The number of aliphatic carboxylic acids is 1. The molecule has 0 aliphatic heterocycles. The summed E-state index contributed by atoms with van der Waals surface area (Å²) in [4.78, 5) is 10.3. The van der Waals surface area contributed by atoms with Crippen LogP contribution in [0.5, 0.6) is 0 Å². The summed E-state index contributed by atoms with van der Waals surface area (Å²) in [5, 5.41) is 8.40. The second-order valence-corrected chi connectivity index (χ2v) is 2.68. The van der Waals surface area contributed by atoms with Gasteiger partial charge in [-0.15, -0.1) is 0 Å². The van der Waals surface area contributed by atoms with Crippen molar-refractivity contribution in [3.63, 3.8) is 0 Å². The molecule has 0 fully saturated rings. The molecule has 0 rings (SSSR count). The summed E-state index contributed by atoms with van der Waals surface area (Å²) < 4.78 is 14.2. The molecule has 0 aliphatic rings. The Labute approximate surface area is 52.3 Å². The van der Waals surface area contributed by atoms with E-state index in [0.29, 0.717) is 0 Å². The van der Waals surface area contributed by atoms with E-state index in [2.05, 4.69) is 0 Å². The SMILES string of the molecule is [2H]C([2H])(C(=O)O)C(C)(C)C. The zero-order valence-corrected chi connectivity index (χ0v) is 5.36. The Morgan fingerprint density at radius 2 is 2.12 bits per heavy atom. The minimum absolute atomic E-state index is 0.848. The standard InChI is InChI=1S/C6H12O2/c1-6(2,3)4-5(7)8/h4H2,1-3H3,(H,7,8)/i4D2. The highest BCUT2D eigenvalue weighted by Gasteiger charge is 2.13. The molecule has 0 saturated heterocycles. The number of hydrogen-bond acceptors (Lipinski definition) is 1. The number of carboxylic acids is 1. The van der Waals surface area contributed by atoms with Crippen LogP contribution in [-0.2, 0) is 4.79 Å². The van der Waals surface area contributed by atoms with Gasteiger partial charge in [0.25, 0.3) is 0 Å². The maximum Gasteiger partial charge on any atom is 0.303 e. The van der Waals surface area contributed by atoms with Gasteiger partial charge in [0.2, 0.25) is 0 Å². The predicted octanol–water partition coefficient (Wildman–Crippen LogP) is 1.51. The quantitative estimate of drug-likeness (QED) is 0.566. The van der Waals surface area contributed by atoms with E-state index in [1.807, 2.05) is 0 Å². The lowest BCUT2D eigenvalue weighted by molar-refractivity contribution is -0.139. The first-order chi connectivity index (χ1) is 4.19. The Balaban J connectivity index is 4.57. The van der Waals surface area contributed by atoms with Gasteiger partial charge < -0.3 is 5.11 Å². The van der Waals surface area contributed by atoms with Crippen molar-refractivity contribution in [2.75, 3.05) is 0 Å². The van der Waals surface area contributed by atoms with E-state index >= 15 is 0 Å². The summed E-state index contributed by atoms with van der Waals surface area (Å²) in [5.41, 5.74) is -0.848. The molecule has 0 atom stereocenters. The third-order valence-corrected chi connectivity index (χ3v) is 0.482. The van der Waals surface area contributed by atoms with Crippen molar-refractivity contribution in [3.8, 4) is 0 Å². The van der Waals surface area contributed by atoms with E-state index < -0.39 is 17.8 Å². The van der Waals surface area contributed by atoms with Crippen LogP contribution in [0, 0.1) is 5.41 Å². The van der Waals surface area contributed by atoms with Crippen LogP contribution in [0.25, 0.3) is 0 Å². The highest BCUT2D eigenvalue weighted by molar-refractivity contribution is 5.67. The third kappa shape index (κ3) is 5.47. The van der Waals surface area contributed by atoms with E-state index in [9.17, 15) is 4.79 Å². The van der Waals surface area contributed by atoms with Gasteiger partial charge in [-0.05, 0) is 5.41 Å². The average molecular weight is 118 g/mol. The van der Waals surface area contributed by atoms with E-state index in [4.69, 9.17) is 7.85 Å². The molecule has 0 aromatic carbocycles. The van der Waals surface area contributed by atoms with Gasteiger partial charge in [-0.25, -0.2) is 0 Å². The molecule has 0 radical (unpaired) electrons. The van der Waals surface area contributed by atoms with Crippen molar-refractivity contribution in [2.45, 2.75) is 27.1 Å². The second kappa shape index (κ2) is 2.16. The highest BCUT2D eigenvalue weighted by atomic mass is 16.4. The Bertz CT molecular complexity index is 146. The largest absolute Gasteiger partial charge is 0.481 e. The molecule has 0 saturated carbocycles. The van der Waals surface area contributed by atoms with Gasteiger partial charge in [0.1, 0.15) is 0 Å². The number of carboxylic acid groups (broad SMARTS) is 1. The van der Waals surface area contributed by atoms with Crippen molar-refractivity contribution < 1.29 is 12.6 Å². The van der Waals surface area contributed by atoms with Crippen LogP contribution in [0.2, 0.25) is 0 Å². The molecule has 0 aromatic rings. The fourth-order valence-electron chi connectivity index (χ4n) is 0.321. The van der Waals surface area contributed by atoms with Gasteiger partial charge in [-0.3, -0.25) is 4.79 Å². The molecular formula is C6H12O2. The van der Waals surface area contributed by atoms with Crippen molar-refractivity contribution in [1.29, 1.82) is 0 Å². The van der Waals surface area contributed by atoms with Gasteiger partial charge in [0, 0.05) is 2.74 Å². The van der Waals surface area contributed by atoms with Crippen LogP contribution >= 0.6 is 0 Å². The molecule has 2 nitrogen and oxygen atoms in total. The van der Waals surface area contributed by atoms with Crippen molar-refractivity contribution in [3.05, 3.63) is 0 Å². The Morgan fingerprint density at radius 1 is 1.75 bits per heavy atom. The molecule has 0 heterocycles. The summed E-state index contributed by atoms with van der Waals surface area (Å²) in [6.45, 7) is 4.67. The zero-order valence-electron chi connectivity index (χ0n) is 7.36. The topological polar surface area (TPSA) is 37.3 Å². The maximum atomic E-state index is 10.3. The predicted molar refractivity (Wildman–Crippen MR) is 31.7 cm³/mol. The number of carbonyl (C=O) groups is 1. The van der Waals surface area contributed by atoms with Gasteiger partial charge in [-0.1, -0.05) is 20.8 Å². The normalized spacial score (nSPS) is 16.9. The summed E-state index contributed by atoms with van der Waals surface area (Å²) in [5.74, 6) is -1.40. The zero-order chi connectivity index (χ0) is 8.58. The molecule has 0 bridgehead atoms. The summed E-state index contributed by atoms with van der Waals surface area (Å²) in [6, 6.07) is 0. The van der Waals surface area contributed by atoms with Gasteiger partial charge in [-0.2, -0.15) is 0 Å². The molecular weight excluding hydrogens is 104 g/mol. The average Bonchev–Trinajstić information content (AvgIpc) is 1.62. The van der Waals surface area contributed by atoms with Crippen molar-refractivity contribution in [1.82, 2.24) is 0 Å². The first kappa shape index (κ1) is 4.36. The Kier molecular flexibility index (Phi) is 1.18. The fraction of sp³-hybridized carbons (Fsp3) is 0.833. The van der Waals surface area contributed by atoms with Crippen molar-refractivity contribution >= 4 is 5.97 Å². The molecule has 2 heteroatoms. The number of hydrogen-bond donors (Lipinski definition) is 1. The van der Waals surface area contributed by atoms with Crippen molar-refractivity contribution in [2.24, 2.45) is 5.41 Å². The summed E-state index contributed by atoms with van der Waals surface area (Å²) in [7, 11) is 0. The van der Waals surface area contributed by atoms with Gasteiger partial charge in [0.05, 0.1) is 6.37 Å². The second-order valence-electron chi connectivity index (χ2n) is 2.68. The molecule has 8 heavy (non-hydrogen) atoms. The summed E-state index contributed by atoms with van der Waals surface area (Å²) in [6.07, 6.45) is -2.15. The molecule has 0 amide bonds. The van der Waals surface area contributed by atoms with Crippen LogP contribution in [0.1, 0.15) is 29.9 Å².